The highest BCUT2D eigenvalue weighted by Gasteiger charge is 2.33. The van der Waals surface area contributed by atoms with Crippen molar-refractivity contribution in [2.75, 3.05) is 13.2 Å². The van der Waals surface area contributed by atoms with Crippen LogP contribution in [0.1, 0.15) is 64.7 Å². The molecule has 0 aromatic heterocycles. The van der Waals surface area contributed by atoms with E-state index in [9.17, 15) is 14.7 Å². The van der Waals surface area contributed by atoms with Crippen molar-refractivity contribution < 1.29 is 19.4 Å². The van der Waals surface area contributed by atoms with Gasteiger partial charge in [0.15, 0.2) is 0 Å². The molecule has 1 saturated carbocycles. The minimum Gasteiger partial charge on any atom is -0.394 e. The van der Waals surface area contributed by atoms with Crippen molar-refractivity contribution in [3.63, 3.8) is 0 Å². The molecule has 2 aliphatic rings. The summed E-state index contributed by atoms with van der Waals surface area (Å²) in [6, 6.07) is -0.156. The number of hydrogen-bond acceptors (Lipinski definition) is 4. The van der Waals surface area contributed by atoms with E-state index in [1.807, 2.05) is 6.92 Å². The van der Waals surface area contributed by atoms with Crippen LogP contribution in [0.3, 0.4) is 0 Å². The number of urea groups is 1. The van der Waals surface area contributed by atoms with Gasteiger partial charge in [0, 0.05) is 12.6 Å². The Morgan fingerprint density at radius 1 is 1.08 bits per heavy atom. The molecule has 0 bridgehead atoms. The largest absolute Gasteiger partial charge is 0.394 e. The van der Waals surface area contributed by atoms with Gasteiger partial charge >= 0.3 is 6.03 Å². The minimum absolute atomic E-state index is 0.0284. The van der Waals surface area contributed by atoms with Gasteiger partial charge < -0.3 is 25.8 Å². The van der Waals surface area contributed by atoms with Crippen LogP contribution in [0.15, 0.2) is 0 Å². The van der Waals surface area contributed by atoms with E-state index in [1.165, 1.54) is 19.3 Å². The molecule has 1 saturated heterocycles. The Morgan fingerprint density at radius 2 is 1.84 bits per heavy atom. The summed E-state index contributed by atoms with van der Waals surface area (Å²) in [5.74, 6) is 0.0284. The Hall–Kier alpha value is -1.34. The fourth-order valence-corrected chi connectivity index (χ4v) is 3.65. The number of aliphatic hydroxyl groups excluding tert-OH is 1. The van der Waals surface area contributed by atoms with Crippen LogP contribution in [0, 0.1) is 0 Å². The van der Waals surface area contributed by atoms with Gasteiger partial charge in [-0.05, 0) is 32.1 Å². The van der Waals surface area contributed by atoms with Gasteiger partial charge in [-0.3, -0.25) is 4.79 Å². The summed E-state index contributed by atoms with van der Waals surface area (Å²) < 4.78 is 5.86. The maximum atomic E-state index is 12.2. The molecule has 0 aromatic carbocycles. The Morgan fingerprint density at radius 3 is 2.52 bits per heavy atom. The van der Waals surface area contributed by atoms with Crippen molar-refractivity contribution in [3.8, 4) is 0 Å². The number of hydrogen-bond donors (Lipinski definition) is 4. The van der Waals surface area contributed by atoms with Crippen molar-refractivity contribution in [1.82, 2.24) is 16.0 Å². The van der Waals surface area contributed by atoms with E-state index in [4.69, 9.17) is 4.74 Å². The molecular weight excluding hydrogens is 322 g/mol. The Balaban J connectivity index is 1.74. The monoisotopic (exact) mass is 355 g/mol. The quantitative estimate of drug-likeness (QED) is 0.555. The summed E-state index contributed by atoms with van der Waals surface area (Å²) in [4.78, 5) is 24.0. The lowest BCUT2D eigenvalue weighted by atomic mass is 9.94. The second-order valence-corrected chi connectivity index (χ2v) is 7.17. The predicted molar refractivity (Wildman–Crippen MR) is 95.2 cm³/mol. The number of carbonyl (C=O) groups is 2. The van der Waals surface area contributed by atoms with E-state index in [0.29, 0.717) is 31.8 Å². The summed E-state index contributed by atoms with van der Waals surface area (Å²) >= 11 is 0. The first kappa shape index (κ1) is 20.0. The van der Waals surface area contributed by atoms with Gasteiger partial charge in [-0.1, -0.05) is 26.2 Å². The fourth-order valence-electron chi connectivity index (χ4n) is 3.65. The van der Waals surface area contributed by atoms with Crippen LogP contribution >= 0.6 is 0 Å². The van der Waals surface area contributed by atoms with Crippen molar-refractivity contribution in [2.24, 2.45) is 0 Å². The summed E-state index contributed by atoms with van der Waals surface area (Å²) in [6.45, 7) is 2.44. The van der Waals surface area contributed by atoms with Crippen LogP contribution in [-0.4, -0.2) is 54.5 Å². The molecule has 3 amide bonds. The molecule has 0 spiro atoms. The Kier molecular flexibility index (Phi) is 8.48. The van der Waals surface area contributed by atoms with Crippen LogP contribution < -0.4 is 16.0 Å². The number of amides is 3. The molecule has 3 atom stereocenters. The van der Waals surface area contributed by atoms with E-state index >= 15 is 0 Å². The summed E-state index contributed by atoms with van der Waals surface area (Å²) in [5, 5.41) is 18.3. The average Bonchev–Trinajstić information content (AvgIpc) is 2.62. The third-order valence-electron chi connectivity index (χ3n) is 5.03. The van der Waals surface area contributed by atoms with Crippen LogP contribution in [0.5, 0.6) is 0 Å². The number of carbonyl (C=O) groups excluding carboxylic acids is 2. The minimum atomic E-state index is -0.464. The number of rotatable bonds is 7. The van der Waals surface area contributed by atoms with E-state index < -0.39 is 6.10 Å². The number of aliphatic hydroxyl groups is 1. The zero-order chi connectivity index (χ0) is 18.1. The van der Waals surface area contributed by atoms with E-state index in [2.05, 4.69) is 16.0 Å². The molecule has 7 nitrogen and oxygen atoms in total. The average molecular weight is 355 g/mol. The maximum absolute atomic E-state index is 12.2. The van der Waals surface area contributed by atoms with Gasteiger partial charge in [-0.15, -0.1) is 0 Å². The summed E-state index contributed by atoms with van der Waals surface area (Å²) in [6.07, 6.45) is 7.69. The molecule has 25 heavy (non-hydrogen) atoms. The number of nitrogens with one attached hydrogen (secondary N) is 3. The van der Waals surface area contributed by atoms with Crippen molar-refractivity contribution in [1.29, 1.82) is 0 Å². The van der Waals surface area contributed by atoms with Gasteiger partial charge in [-0.25, -0.2) is 4.79 Å². The second kappa shape index (κ2) is 10.6. The van der Waals surface area contributed by atoms with Gasteiger partial charge in [0.1, 0.15) is 6.10 Å². The van der Waals surface area contributed by atoms with Gasteiger partial charge in [0.05, 0.1) is 25.2 Å². The summed E-state index contributed by atoms with van der Waals surface area (Å²) in [5.41, 5.74) is 0. The molecule has 1 aliphatic heterocycles. The first-order valence-corrected chi connectivity index (χ1v) is 9.72. The standard InChI is InChI=1S/C18H33N3O4/c1-2-10-19-18(24)21-15-9-8-14(25-16(15)12-22)11-17(23)20-13-6-4-3-5-7-13/h13-16,22H,2-12H2,1H3,(H,20,23)(H2,19,21,24)/t14-,15+,16-/m0/s1. The lowest BCUT2D eigenvalue weighted by Gasteiger charge is -2.36. The predicted octanol–water partition coefficient (Wildman–Crippen LogP) is 1.44. The molecule has 4 N–H and O–H groups in total. The van der Waals surface area contributed by atoms with E-state index in [1.54, 1.807) is 0 Å². The van der Waals surface area contributed by atoms with E-state index in [0.717, 1.165) is 19.3 Å². The molecule has 1 heterocycles. The third-order valence-corrected chi connectivity index (χ3v) is 5.03. The van der Waals surface area contributed by atoms with Gasteiger partial charge in [0.25, 0.3) is 0 Å². The molecular formula is C18H33N3O4. The maximum Gasteiger partial charge on any atom is 0.315 e. The van der Waals surface area contributed by atoms with Crippen LogP contribution in [0.25, 0.3) is 0 Å². The SMILES string of the molecule is CCCNC(=O)N[C@@H]1CC[C@@H](CC(=O)NC2CCCCC2)O[C@H]1CO. The molecule has 2 fully saturated rings. The molecule has 2 rings (SSSR count). The summed E-state index contributed by atoms with van der Waals surface area (Å²) in [7, 11) is 0. The zero-order valence-corrected chi connectivity index (χ0v) is 15.3. The molecule has 144 valence electrons. The van der Waals surface area contributed by atoms with Gasteiger partial charge in [0.2, 0.25) is 5.91 Å². The lowest BCUT2D eigenvalue weighted by Crippen LogP contribution is -2.54. The number of ether oxygens (including phenoxy) is 1. The molecule has 0 aromatic rings. The Bertz CT molecular complexity index is 427. The van der Waals surface area contributed by atoms with E-state index in [-0.39, 0.29) is 30.7 Å². The van der Waals surface area contributed by atoms with Crippen LogP contribution in [-0.2, 0) is 9.53 Å². The second-order valence-electron chi connectivity index (χ2n) is 7.17. The van der Waals surface area contributed by atoms with Crippen molar-refractivity contribution in [3.05, 3.63) is 0 Å². The van der Waals surface area contributed by atoms with Gasteiger partial charge in [-0.2, -0.15) is 0 Å². The highest BCUT2D eigenvalue weighted by Crippen LogP contribution is 2.23. The third kappa shape index (κ3) is 6.82. The first-order valence-electron chi connectivity index (χ1n) is 9.72. The normalized spacial score (nSPS) is 27.5. The first-order chi connectivity index (χ1) is 12.1. The molecule has 0 radical (unpaired) electrons. The molecule has 0 unspecified atom stereocenters. The highest BCUT2D eigenvalue weighted by atomic mass is 16.5. The highest BCUT2D eigenvalue weighted by molar-refractivity contribution is 5.77. The Labute approximate surface area is 150 Å². The molecule has 1 aliphatic carbocycles. The van der Waals surface area contributed by atoms with Crippen LogP contribution in [0.4, 0.5) is 4.79 Å². The zero-order valence-electron chi connectivity index (χ0n) is 15.3. The smallest absolute Gasteiger partial charge is 0.315 e. The topological polar surface area (TPSA) is 99.7 Å². The van der Waals surface area contributed by atoms with Crippen molar-refractivity contribution in [2.45, 2.75) is 89.0 Å². The van der Waals surface area contributed by atoms with Crippen LogP contribution in [0.2, 0.25) is 0 Å². The lowest BCUT2D eigenvalue weighted by molar-refractivity contribution is -0.131. The van der Waals surface area contributed by atoms with Crippen molar-refractivity contribution >= 4 is 11.9 Å². The fraction of sp³-hybridized carbons (Fsp3) is 0.889. The molecule has 7 heteroatoms.